The van der Waals surface area contributed by atoms with Gasteiger partial charge in [-0.05, 0) is 49.1 Å². The molecule has 0 aliphatic rings. The quantitative estimate of drug-likeness (QED) is 0.127. The van der Waals surface area contributed by atoms with Crippen LogP contribution in [-0.4, -0.2) is 5.97 Å². The summed E-state index contributed by atoms with van der Waals surface area (Å²) in [5, 5.41) is 0. The number of carbonyl (C=O) groups is 1. The Morgan fingerprint density at radius 2 is 1.17 bits per heavy atom. The second-order valence-electron chi connectivity index (χ2n) is 9.37. The van der Waals surface area contributed by atoms with Crippen LogP contribution in [0, 0.1) is 0 Å². The van der Waals surface area contributed by atoms with Crippen molar-refractivity contribution in [1.82, 2.24) is 0 Å². The van der Waals surface area contributed by atoms with Crippen LogP contribution >= 0.6 is 0 Å². The normalized spacial score (nSPS) is 11.9. The maximum Gasteiger partial charge on any atom is 0.343 e. The molecule has 0 aliphatic heterocycles. The first-order valence-corrected chi connectivity index (χ1v) is 13.5. The van der Waals surface area contributed by atoms with Gasteiger partial charge in [-0.1, -0.05) is 102 Å². The number of ether oxygens (including phenoxy) is 1. The SMILES string of the molecule is CCCCCCCCCc1ccc(OC(=O)c2ccc(/C(F)=C(\F)CCCCCCC)cc2)cc1. The molecule has 2 aromatic rings. The molecule has 0 heterocycles. The predicted molar refractivity (Wildman–Crippen MR) is 142 cm³/mol. The van der Waals surface area contributed by atoms with Gasteiger partial charge in [0.05, 0.1) is 5.56 Å². The fourth-order valence-corrected chi connectivity index (χ4v) is 4.08. The molecule has 4 heteroatoms. The third-order valence-corrected chi connectivity index (χ3v) is 6.31. The Labute approximate surface area is 210 Å². The number of unbranched alkanes of at least 4 members (excludes halogenated alkanes) is 10. The second-order valence-corrected chi connectivity index (χ2v) is 9.37. The molecule has 0 unspecified atom stereocenters. The van der Waals surface area contributed by atoms with Gasteiger partial charge in [0.1, 0.15) is 11.6 Å². The Balaban J connectivity index is 1.79. The maximum atomic E-state index is 14.4. The van der Waals surface area contributed by atoms with Crippen molar-refractivity contribution in [2.45, 2.75) is 104 Å². The number of carbonyl (C=O) groups excluding carboxylic acids is 1. The van der Waals surface area contributed by atoms with Crippen molar-refractivity contribution in [2.75, 3.05) is 0 Å². The average molecular weight is 485 g/mol. The smallest absolute Gasteiger partial charge is 0.343 e. The Morgan fingerprint density at radius 1 is 0.657 bits per heavy atom. The summed E-state index contributed by atoms with van der Waals surface area (Å²) in [6, 6.07) is 13.4. The van der Waals surface area contributed by atoms with Gasteiger partial charge in [0.2, 0.25) is 0 Å². The number of hydrogen-bond donors (Lipinski definition) is 0. The first-order chi connectivity index (χ1) is 17.0. The molecule has 2 nitrogen and oxygen atoms in total. The minimum atomic E-state index is -0.850. The average Bonchev–Trinajstić information content (AvgIpc) is 2.88. The van der Waals surface area contributed by atoms with Gasteiger partial charge in [0.15, 0.2) is 5.83 Å². The van der Waals surface area contributed by atoms with E-state index in [1.54, 1.807) is 12.1 Å². The van der Waals surface area contributed by atoms with Crippen LogP contribution in [0.3, 0.4) is 0 Å². The van der Waals surface area contributed by atoms with Crippen LogP contribution in [0.2, 0.25) is 0 Å². The summed E-state index contributed by atoms with van der Waals surface area (Å²) in [7, 11) is 0. The predicted octanol–water partition coefficient (Wildman–Crippen LogP) is 10.2. The number of hydrogen-bond acceptors (Lipinski definition) is 2. The Hall–Kier alpha value is -2.49. The third kappa shape index (κ3) is 11.2. The van der Waals surface area contributed by atoms with E-state index in [2.05, 4.69) is 13.8 Å². The molecule has 0 bridgehead atoms. The van der Waals surface area contributed by atoms with Crippen LogP contribution in [0.15, 0.2) is 54.4 Å². The van der Waals surface area contributed by atoms with Crippen LogP contribution in [0.25, 0.3) is 5.83 Å². The molecule has 192 valence electrons. The van der Waals surface area contributed by atoms with E-state index in [0.717, 1.165) is 32.1 Å². The molecule has 0 aliphatic carbocycles. The lowest BCUT2D eigenvalue weighted by atomic mass is 10.0. The molecule has 0 atom stereocenters. The number of aryl methyl sites for hydroxylation is 1. The summed E-state index contributed by atoms with van der Waals surface area (Å²) in [4.78, 5) is 12.5. The molecular formula is C31H42F2O2. The Kier molecular flexibility index (Phi) is 14.0. The highest BCUT2D eigenvalue weighted by Gasteiger charge is 2.12. The minimum absolute atomic E-state index is 0.105. The van der Waals surface area contributed by atoms with E-state index in [1.807, 2.05) is 12.1 Å². The van der Waals surface area contributed by atoms with Crippen LogP contribution in [0.5, 0.6) is 5.75 Å². The zero-order valence-electron chi connectivity index (χ0n) is 21.6. The number of benzene rings is 2. The monoisotopic (exact) mass is 484 g/mol. The minimum Gasteiger partial charge on any atom is -0.423 e. The zero-order chi connectivity index (χ0) is 25.3. The highest BCUT2D eigenvalue weighted by Crippen LogP contribution is 2.26. The van der Waals surface area contributed by atoms with Gasteiger partial charge in [-0.15, -0.1) is 0 Å². The van der Waals surface area contributed by atoms with Gasteiger partial charge < -0.3 is 4.74 Å². The number of allylic oxidation sites excluding steroid dienone is 1. The molecule has 0 spiro atoms. The van der Waals surface area contributed by atoms with Crippen molar-refractivity contribution < 1.29 is 18.3 Å². The van der Waals surface area contributed by atoms with Crippen molar-refractivity contribution in [1.29, 1.82) is 0 Å². The van der Waals surface area contributed by atoms with Crippen molar-refractivity contribution in [2.24, 2.45) is 0 Å². The van der Waals surface area contributed by atoms with E-state index < -0.39 is 17.6 Å². The lowest BCUT2D eigenvalue weighted by Gasteiger charge is -2.07. The summed E-state index contributed by atoms with van der Waals surface area (Å²) in [6.07, 6.45) is 14.9. The zero-order valence-corrected chi connectivity index (χ0v) is 21.6. The van der Waals surface area contributed by atoms with Crippen LogP contribution < -0.4 is 4.74 Å². The lowest BCUT2D eigenvalue weighted by Crippen LogP contribution is -2.08. The van der Waals surface area contributed by atoms with E-state index in [9.17, 15) is 13.6 Å². The van der Waals surface area contributed by atoms with E-state index in [1.165, 1.54) is 74.8 Å². The largest absolute Gasteiger partial charge is 0.423 e. The van der Waals surface area contributed by atoms with Crippen molar-refractivity contribution in [3.05, 3.63) is 71.0 Å². The maximum absolute atomic E-state index is 14.4. The van der Waals surface area contributed by atoms with Crippen molar-refractivity contribution in [3.8, 4) is 5.75 Å². The standard InChI is InChI=1S/C31H42F2O2/c1-3-5-7-9-10-12-13-15-25-17-23-28(24-18-25)35-31(34)27-21-19-26(20-22-27)30(33)29(32)16-14-11-8-6-4-2/h17-24H,3-16H2,1-2H3/b30-29+. The van der Waals surface area contributed by atoms with Crippen molar-refractivity contribution >= 4 is 11.8 Å². The molecule has 0 radical (unpaired) electrons. The van der Waals surface area contributed by atoms with Gasteiger partial charge in [0, 0.05) is 12.0 Å². The van der Waals surface area contributed by atoms with Gasteiger partial charge in [-0.25, -0.2) is 13.6 Å². The van der Waals surface area contributed by atoms with Crippen LogP contribution in [-0.2, 0) is 6.42 Å². The number of esters is 1. The summed E-state index contributed by atoms with van der Waals surface area (Å²) in [5.41, 5.74) is 1.67. The molecule has 0 saturated heterocycles. The highest BCUT2D eigenvalue weighted by atomic mass is 19.2. The summed E-state index contributed by atoms with van der Waals surface area (Å²) in [6.45, 7) is 4.35. The molecule has 0 aromatic heterocycles. The summed E-state index contributed by atoms with van der Waals surface area (Å²) in [5.74, 6) is -1.62. The molecule has 2 aromatic carbocycles. The van der Waals surface area contributed by atoms with E-state index in [4.69, 9.17) is 4.74 Å². The second kappa shape index (κ2) is 17.0. The molecule has 0 N–H and O–H groups in total. The van der Waals surface area contributed by atoms with Gasteiger partial charge in [-0.2, -0.15) is 0 Å². The topological polar surface area (TPSA) is 26.3 Å². The third-order valence-electron chi connectivity index (χ3n) is 6.31. The fourth-order valence-electron chi connectivity index (χ4n) is 4.08. The fraction of sp³-hybridized carbons (Fsp3) is 0.516. The number of rotatable bonds is 17. The molecule has 0 fully saturated rings. The Bertz CT molecular complexity index is 885. The van der Waals surface area contributed by atoms with Crippen LogP contribution in [0.4, 0.5) is 8.78 Å². The van der Waals surface area contributed by atoms with Gasteiger partial charge in [-0.3, -0.25) is 0 Å². The Morgan fingerprint density at radius 3 is 1.77 bits per heavy atom. The van der Waals surface area contributed by atoms with Gasteiger partial charge in [0.25, 0.3) is 0 Å². The van der Waals surface area contributed by atoms with E-state index >= 15 is 0 Å². The molecule has 2 rings (SSSR count). The molecular weight excluding hydrogens is 442 g/mol. The summed E-state index contributed by atoms with van der Waals surface area (Å²) < 4.78 is 34.0. The van der Waals surface area contributed by atoms with Crippen LogP contribution in [0.1, 0.15) is 119 Å². The molecule has 0 amide bonds. The van der Waals surface area contributed by atoms with Crippen molar-refractivity contribution in [3.63, 3.8) is 0 Å². The van der Waals surface area contributed by atoms with E-state index in [0.29, 0.717) is 17.7 Å². The highest BCUT2D eigenvalue weighted by molar-refractivity contribution is 5.91. The summed E-state index contributed by atoms with van der Waals surface area (Å²) >= 11 is 0. The first-order valence-electron chi connectivity index (χ1n) is 13.5. The number of halogens is 2. The molecule has 0 saturated carbocycles. The van der Waals surface area contributed by atoms with Gasteiger partial charge >= 0.3 is 5.97 Å². The molecule has 35 heavy (non-hydrogen) atoms. The van der Waals surface area contributed by atoms with E-state index in [-0.39, 0.29) is 12.0 Å². The lowest BCUT2D eigenvalue weighted by molar-refractivity contribution is 0.0734. The first kappa shape index (κ1) is 28.7.